The number of ether oxygens (including phenoxy) is 1. The average molecular weight is 298 g/mol. The Morgan fingerprint density at radius 1 is 1.45 bits per heavy atom. The second-order valence-corrected chi connectivity index (χ2v) is 6.75. The van der Waals surface area contributed by atoms with E-state index in [9.17, 15) is 9.90 Å². The maximum atomic E-state index is 12.3. The molecule has 1 unspecified atom stereocenters. The van der Waals surface area contributed by atoms with Crippen molar-refractivity contribution in [2.24, 2.45) is 5.41 Å². The molecule has 0 aliphatic heterocycles. The predicted molar refractivity (Wildman–Crippen MR) is 78.3 cm³/mol. The standard InChI is InChI=1S/C15H20ClNO3/c1-14(2,3)20-13(19)15(6-7-15)12(18)9-4-5-10(16)11(17)8-9/h4-5,8,12,18H,6-7,17H2,1-3H3. The second kappa shape index (κ2) is 4.93. The first-order chi connectivity index (χ1) is 9.16. The fourth-order valence-electron chi connectivity index (χ4n) is 2.15. The molecular formula is C15H20ClNO3. The Morgan fingerprint density at radius 2 is 2.05 bits per heavy atom. The quantitative estimate of drug-likeness (QED) is 0.664. The minimum Gasteiger partial charge on any atom is -0.459 e. The summed E-state index contributed by atoms with van der Waals surface area (Å²) in [5, 5.41) is 10.9. The van der Waals surface area contributed by atoms with E-state index >= 15 is 0 Å². The van der Waals surface area contributed by atoms with E-state index in [-0.39, 0.29) is 5.97 Å². The molecule has 0 bridgehead atoms. The van der Waals surface area contributed by atoms with Crippen molar-refractivity contribution < 1.29 is 14.6 Å². The Kier molecular flexibility index (Phi) is 3.73. The van der Waals surface area contributed by atoms with Gasteiger partial charge in [0.05, 0.1) is 22.2 Å². The van der Waals surface area contributed by atoms with Gasteiger partial charge in [-0.3, -0.25) is 4.79 Å². The van der Waals surface area contributed by atoms with Crippen LogP contribution in [-0.2, 0) is 9.53 Å². The molecule has 3 N–H and O–H groups in total. The fourth-order valence-corrected chi connectivity index (χ4v) is 2.27. The summed E-state index contributed by atoms with van der Waals surface area (Å²) in [6, 6.07) is 4.92. The molecule has 0 aromatic heterocycles. The molecule has 5 heteroatoms. The average Bonchev–Trinajstić information content (AvgIpc) is 3.11. The third-order valence-electron chi connectivity index (χ3n) is 3.45. The molecule has 0 saturated heterocycles. The number of carbonyl (C=O) groups excluding carboxylic acids is 1. The lowest BCUT2D eigenvalue weighted by molar-refractivity contribution is -0.166. The van der Waals surface area contributed by atoms with Crippen molar-refractivity contribution in [1.29, 1.82) is 0 Å². The van der Waals surface area contributed by atoms with Gasteiger partial charge in [-0.15, -0.1) is 0 Å². The van der Waals surface area contributed by atoms with Crippen LogP contribution in [0.2, 0.25) is 5.02 Å². The zero-order valence-electron chi connectivity index (χ0n) is 11.9. The smallest absolute Gasteiger partial charge is 0.315 e. The van der Waals surface area contributed by atoms with E-state index in [1.54, 1.807) is 18.2 Å². The zero-order chi connectivity index (χ0) is 15.1. The molecule has 20 heavy (non-hydrogen) atoms. The van der Waals surface area contributed by atoms with E-state index in [1.807, 2.05) is 20.8 Å². The van der Waals surface area contributed by atoms with Crippen LogP contribution >= 0.6 is 11.6 Å². The molecule has 1 aliphatic rings. The predicted octanol–water partition coefficient (Wildman–Crippen LogP) is 3.08. The van der Waals surface area contributed by atoms with Crippen LogP contribution in [0.3, 0.4) is 0 Å². The molecule has 0 spiro atoms. The van der Waals surface area contributed by atoms with E-state index < -0.39 is 17.1 Å². The van der Waals surface area contributed by atoms with Crippen LogP contribution in [0.1, 0.15) is 45.3 Å². The third kappa shape index (κ3) is 2.91. The Bertz CT molecular complexity index is 532. The third-order valence-corrected chi connectivity index (χ3v) is 3.80. The maximum Gasteiger partial charge on any atom is 0.315 e. The fraction of sp³-hybridized carbons (Fsp3) is 0.533. The summed E-state index contributed by atoms with van der Waals surface area (Å²) < 4.78 is 5.41. The molecular weight excluding hydrogens is 278 g/mol. The van der Waals surface area contributed by atoms with Gasteiger partial charge in [0.15, 0.2) is 0 Å². The van der Waals surface area contributed by atoms with E-state index in [4.69, 9.17) is 22.1 Å². The molecule has 4 nitrogen and oxygen atoms in total. The molecule has 1 aliphatic carbocycles. The SMILES string of the molecule is CC(C)(C)OC(=O)C1(C(O)c2ccc(Cl)c(N)c2)CC1. The van der Waals surface area contributed by atoms with E-state index in [0.29, 0.717) is 29.1 Å². The Morgan fingerprint density at radius 3 is 2.50 bits per heavy atom. The van der Waals surface area contributed by atoms with Crippen LogP contribution < -0.4 is 5.73 Å². The monoisotopic (exact) mass is 297 g/mol. The van der Waals surface area contributed by atoms with Gasteiger partial charge in [-0.1, -0.05) is 17.7 Å². The molecule has 1 aromatic rings. The molecule has 1 atom stereocenters. The Hall–Kier alpha value is -1.26. The van der Waals surface area contributed by atoms with Crippen molar-refractivity contribution >= 4 is 23.3 Å². The number of esters is 1. The molecule has 1 aromatic carbocycles. The van der Waals surface area contributed by atoms with Gasteiger partial charge in [0.2, 0.25) is 0 Å². The van der Waals surface area contributed by atoms with Gasteiger partial charge in [-0.2, -0.15) is 0 Å². The highest BCUT2D eigenvalue weighted by Gasteiger charge is 2.58. The largest absolute Gasteiger partial charge is 0.459 e. The summed E-state index contributed by atoms with van der Waals surface area (Å²) in [7, 11) is 0. The number of rotatable bonds is 3. The number of aliphatic hydroxyl groups is 1. The van der Waals surface area contributed by atoms with Gasteiger partial charge in [-0.25, -0.2) is 0 Å². The van der Waals surface area contributed by atoms with Crippen LogP contribution in [0.15, 0.2) is 18.2 Å². The lowest BCUT2D eigenvalue weighted by Gasteiger charge is -2.27. The number of carbonyl (C=O) groups is 1. The van der Waals surface area contributed by atoms with Crippen LogP contribution in [0.25, 0.3) is 0 Å². The van der Waals surface area contributed by atoms with E-state index in [0.717, 1.165) is 0 Å². The van der Waals surface area contributed by atoms with Crippen molar-refractivity contribution in [2.75, 3.05) is 5.73 Å². The van der Waals surface area contributed by atoms with Gasteiger partial charge < -0.3 is 15.6 Å². The van der Waals surface area contributed by atoms with Crippen LogP contribution in [0.5, 0.6) is 0 Å². The highest BCUT2D eigenvalue weighted by atomic mass is 35.5. The van der Waals surface area contributed by atoms with Crippen LogP contribution in [0.4, 0.5) is 5.69 Å². The first-order valence-electron chi connectivity index (χ1n) is 6.62. The first-order valence-corrected chi connectivity index (χ1v) is 7.00. The van der Waals surface area contributed by atoms with Gasteiger partial charge in [-0.05, 0) is 51.3 Å². The second-order valence-electron chi connectivity index (χ2n) is 6.34. The minimum absolute atomic E-state index is 0.356. The summed E-state index contributed by atoms with van der Waals surface area (Å²) in [6.07, 6.45) is 0.314. The summed E-state index contributed by atoms with van der Waals surface area (Å²) in [4.78, 5) is 12.3. The number of nitrogen functional groups attached to an aromatic ring is 1. The topological polar surface area (TPSA) is 72.5 Å². The van der Waals surface area contributed by atoms with Crippen molar-refractivity contribution in [3.8, 4) is 0 Å². The van der Waals surface area contributed by atoms with Crippen molar-refractivity contribution in [3.63, 3.8) is 0 Å². The molecule has 0 heterocycles. The number of nitrogens with two attached hydrogens (primary N) is 1. The van der Waals surface area contributed by atoms with Gasteiger partial charge in [0.25, 0.3) is 0 Å². The molecule has 0 radical (unpaired) electrons. The van der Waals surface area contributed by atoms with Crippen molar-refractivity contribution in [3.05, 3.63) is 28.8 Å². The lowest BCUT2D eigenvalue weighted by atomic mass is 9.92. The number of benzene rings is 1. The first kappa shape index (κ1) is 15.1. The normalized spacial score (nSPS) is 18.4. The Balaban J connectivity index is 2.21. The summed E-state index contributed by atoms with van der Waals surface area (Å²) in [5.41, 5.74) is 5.32. The molecule has 110 valence electrons. The van der Waals surface area contributed by atoms with E-state index in [1.165, 1.54) is 0 Å². The molecule has 2 rings (SSSR count). The highest BCUT2D eigenvalue weighted by molar-refractivity contribution is 6.33. The van der Waals surface area contributed by atoms with Gasteiger partial charge in [0, 0.05) is 0 Å². The zero-order valence-corrected chi connectivity index (χ0v) is 12.7. The number of anilines is 1. The highest BCUT2D eigenvalue weighted by Crippen LogP contribution is 2.56. The van der Waals surface area contributed by atoms with Gasteiger partial charge in [0.1, 0.15) is 5.60 Å². The number of aliphatic hydroxyl groups excluding tert-OH is 1. The van der Waals surface area contributed by atoms with Crippen LogP contribution in [0, 0.1) is 5.41 Å². The summed E-state index contributed by atoms with van der Waals surface area (Å²) >= 11 is 5.87. The lowest BCUT2D eigenvalue weighted by Crippen LogP contribution is -2.33. The Labute approximate surface area is 123 Å². The number of halogens is 1. The number of hydrogen-bond donors (Lipinski definition) is 2. The molecule has 0 amide bonds. The number of hydrogen-bond acceptors (Lipinski definition) is 4. The van der Waals surface area contributed by atoms with Crippen LogP contribution in [-0.4, -0.2) is 16.7 Å². The van der Waals surface area contributed by atoms with Crippen molar-refractivity contribution in [2.45, 2.75) is 45.3 Å². The van der Waals surface area contributed by atoms with Gasteiger partial charge >= 0.3 is 5.97 Å². The molecule has 1 saturated carbocycles. The summed E-state index contributed by atoms with van der Waals surface area (Å²) in [5.74, 6) is -0.356. The van der Waals surface area contributed by atoms with E-state index in [2.05, 4.69) is 0 Å². The summed E-state index contributed by atoms with van der Waals surface area (Å²) in [6.45, 7) is 5.44. The minimum atomic E-state index is -0.920. The maximum absolute atomic E-state index is 12.3. The van der Waals surface area contributed by atoms with Crippen molar-refractivity contribution in [1.82, 2.24) is 0 Å². The molecule has 1 fully saturated rings.